The zero-order valence-corrected chi connectivity index (χ0v) is 19.5. The number of nitrogens with one attached hydrogen (secondary N) is 1. The lowest BCUT2D eigenvalue weighted by Crippen LogP contribution is -2.44. The number of ether oxygens (including phenoxy) is 3. The van der Waals surface area contributed by atoms with Gasteiger partial charge in [0.05, 0.1) is 0 Å². The van der Waals surface area contributed by atoms with Gasteiger partial charge in [-0.2, -0.15) is 0 Å². The molecule has 4 nitrogen and oxygen atoms in total. The predicted octanol–water partition coefficient (Wildman–Crippen LogP) is 6.92. The highest BCUT2D eigenvalue weighted by molar-refractivity contribution is 5.47. The molecule has 1 unspecified atom stereocenters. The SMILES string of the molecule is CCCCCCCCC(CCCCNc1c(F)c(F)c(F)c(F)c1F)C(OC)(OC)OC. The number of benzene rings is 1. The van der Waals surface area contributed by atoms with Crippen LogP contribution in [0.5, 0.6) is 0 Å². The summed E-state index contributed by atoms with van der Waals surface area (Å²) in [5.41, 5.74) is -1.01. The van der Waals surface area contributed by atoms with Crippen LogP contribution in [0.15, 0.2) is 0 Å². The van der Waals surface area contributed by atoms with Crippen molar-refractivity contribution in [1.82, 2.24) is 0 Å². The fraction of sp³-hybridized carbons (Fsp3) is 0.739. The van der Waals surface area contributed by atoms with E-state index >= 15 is 0 Å². The molecule has 186 valence electrons. The van der Waals surface area contributed by atoms with Crippen molar-refractivity contribution in [3.8, 4) is 0 Å². The number of hydrogen-bond donors (Lipinski definition) is 1. The van der Waals surface area contributed by atoms with Crippen molar-refractivity contribution in [3.05, 3.63) is 29.1 Å². The van der Waals surface area contributed by atoms with Crippen LogP contribution in [-0.2, 0) is 14.2 Å². The maximum Gasteiger partial charge on any atom is 0.285 e. The van der Waals surface area contributed by atoms with Gasteiger partial charge in [0.25, 0.3) is 5.97 Å². The summed E-state index contributed by atoms with van der Waals surface area (Å²) in [6.07, 6.45) is 9.34. The van der Waals surface area contributed by atoms with Crippen molar-refractivity contribution in [2.45, 2.75) is 77.1 Å². The Bertz CT molecular complexity index is 649. The van der Waals surface area contributed by atoms with Crippen molar-refractivity contribution < 1.29 is 36.2 Å². The first-order chi connectivity index (χ1) is 15.3. The highest BCUT2D eigenvalue weighted by Gasteiger charge is 2.39. The predicted molar refractivity (Wildman–Crippen MR) is 114 cm³/mol. The lowest BCUT2D eigenvalue weighted by Gasteiger charge is -2.36. The molecule has 0 fully saturated rings. The molecule has 1 atom stereocenters. The molecule has 0 saturated carbocycles. The summed E-state index contributed by atoms with van der Waals surface area (Å²) in [5, 5.41) is 2.33. The Morgan fingerprint density at radius 3 is 1.59 bits per heavy atom. The zero-order valence-electron chi connectivity index (χ0n) is 19.5. The van der Waals surface area contributed by atoms with E-state index in [0.29, 0.717) is 19.3 Å². The third-order valence-electron chi connectivity index (χ3n) is 5.75. The molecule has 0 saturated heterocycles. The minimum Gasteiger partial charge on any atom is -0.380 e. The largest absolute Gasteiger partial charge is 0.380 e. The second-order valence-corrected chi connectivity index (χ2v) is 7.84. The summed E-state index contributed by atoms with van der Waals surface area (Å²) in [5.74, 6) is -11.1. The van der Waals surface area contributed by atoms with Crippen LogP contribution in [0.1, 0.15) is 71.1 Å². The van der Waals surface area contributed by atoms with Crippen LogP contribution >= 0.6 is 0 Å². The van der Waals surface area contributed by atoms with Gasteiger partial charge in [0.1, 0.15) is 5.69 Å². The van der Waals surface area contributed by atoms with Crippen LogP contribution in [0.4, 0.5) is 27.6 Å². The fourth-order valence-electron chi connectivity index (χ4n) is 3.91. The Kier molecular flexibility index (Phi) is 13.1. The number of halogens is 5. The minimum absolute atomic E-state index is 0.0437. The Balaban J connectivity index is 2.63. The molecule has 1 N–H and O–H groups in total. The van der Waals surface area contributed by atoms with Crippen LogP contribution in [-0.4, -0.2) is 33.8 Å². The quantitative estimate of drug-likeness (QED) is 0.0883. The number of rotatable bonds is 17. The van der Waals surface area contributed by atoms with E-state index in [2.05, 4.69) is 12.2 Å². The van der Waals surface area contributed by atoms with Gasteiger partial charge in [-0.3, -0.25) is 0 Å². The summed E-state index contributed by atoms with van der Waals surface area (Å²) in [4.78, 5) is 0. The Hall–Kier alpha value is -1.45. The van der Waals surface area contributed by atoms with Crippen molar-refractivity contribution in [2.24, 2.45) is 5.92 Å². The molecule has 0 spiro atoms. The molecule has 0 aliphatic carbocycles. The van der Waals surface area contributed by atoms with E-state index in [0.717, 1.165) is 25.7 Å². The average molecular weight is 470 g/mol. The molecule has 0 aliphatic rings. The van der Waals surface area contributed by atoms with Gasteiger partial charge in [0.2, 0.25) is 5.82 Å². The number of hydrogen-bond acceptors (Lipinski definition) is 4. The van der Waals surface area contributed by atoms with Crippen molar-refractivity contribution in [1.29, 1.82) is 0 Å². The van der Waals surface area contributed by atoms with Gasteiger partial charge < -0.3 is 19.5 Å². The topological polar surface area (TPSA) is 39.7 Å². The van der Waals surface area contributed by atoms with Gasteiger partial charge >= 0.3 is 0 Å². The summed E-state index contributed by atoms with van der Waals surface area (Å²) in [7, 11) is 4.52. The zero-order chi connectivity index (χ0) is 24.1. The van der Waals surface area contributed by atoms with Gasteiger partial charge in [-0.25, -0.2) is 22.0 Å². The highest BCUT2D eigenvalue weighted by Crippen LogP contribution is 2.33. The summed E-state index contributed by atoms with van der Waals surface area (Å²) in [6.45, 7) is 2.21. The van der Waals surface area contributed by atoms with Crippen LogP contribution in [0.25, 0.3) is 0 Å². The molecule has 32 heavy (non-hydrogen) atoms. The van der Waals surface area contributed by atoms with Crippen molar-refractivity contribution in [2.75, 3.05) is 33.2 Å². The first-order valence-corrected chi connectivity index (χ1v) is 11.2. The van der Waals surface area contributed by atoms with Gasteiger partial charge in [-0.1, -0.05) is 51.9 Å². The van der Waals surface area contributed by atoms with E-state index in [-0.39, 0.29) is 12.5 Å². The molecule has 0 bridgehead atoms. The highest BCUT2D eigenvalue weighted by atomic mass is 19.2. The van der Waals surface area contributed by atoms with Gasteiger partial charge in [0.15, 0.2) is 23.3 Å². The lowest BCUT2D eigenvalue weighted by atomic mass is 9.92. The van der Waals surface area contributed by atoms with Gasteiger partial charge in [-0.05, 0) is 19.3 Å². The lowest BCUT2D eigenvalue weighted by molar-refractivity contribution is -0.380. The van der Waals surface area contributed by atoms with Crippen molar-refractivity contribution >= 4 is 5.69 Å². The van der Waals surface area contributed by atoms with E-state index < -0.39 is 40.7 Å². The van der Waals surface area contributed by atoms with Crippen molar-refractivity contribution in [3.63, 3.8) is 0 Å². The Labute approximate surface area is 187 Å². The third kappa shape index (κ3) is 7.56. The molecule has 1 aromatic carbocycles. The number of unbranched alkanes of at least 4 members (excludes halogenated alkanes) is 6. The van der Waals surface area contributed by atoms with Gasteiger partial charge in [-0.15, -0.1) is 0 Å². The smallest absolute Gasteiger partial charge is 0.285 e. The first-order valence-electron chi connectivity index (χ1n) is 11.2. The Morgan fingerprint density at radius 2 is 1.09 bits per heavy atom. The molecule has 1 rings (SSSR count). The first kappa shape index (κ1) is 28.6. The molecule has 0 aromatic heterocycles. The minimum atomic E-state index is -2.17. The van der Waals surface area contributed by atoms with E-state index in [1.165, 1.54) is 40.6 Å². The van der Waals surface area contributed by atoms with Crippen LogP contribution in [0.2, 0.25) is 0 Å². The molecule has 1 aromatic rings. The second-order valence-electron chi connectivity index (χ2n) is 7.84. The number of methoxy groups -OCH3 is 3. The van der Waals surface area contributed by atoms with E-state index in [1.54, 1.807) is 0 Å². The summed E-state index contributed by atoms with van der Waals surface area (Å²) in [6, 6.07) is 0. The molecule has 0 amide bonds. The molecule has 0 radical (unpaired) electrons. The monoisotopic (exact) mass is 469 g/mol. The summed E-state index contributed by atoms with van der Waals surface area (Å²) >= 11 is 0. The maximum atomic E-state index is 13.8. The average Bonchev–Trinajstić information content (AvgIpc) is 2.81. The number of anilines is 1. The van der Waals surface area contributed by atoms with Gasteiger partial charge in [0, 0.05) is 33.8 Å². The third-order valence-corrected chi connectivity index (χ3v) is 5.75. The maximum absolute atomic E-state index is 13.8. The van der Waals surface area contributed by atoms with E-state index in [4.69, 9.17) is 14.2 Å². The van der Waals surface area contributed by atoms with E-state index in [9.17, 15) is 22.0 Å². The molecular formula is C23H36F5NO3. The van der Waals surface area contributed by atoms with E-state index in [1.807, 2.05) is 0 Å². The molecule has 0 aliphatic heterocycles. The molecule has 9 heteroatoms. The fourth-order valence-corrected chi connectivity index (χ4v) is 3.91. The second kappa shape index (κ2) is 14.6. The van der Waals surface area contributed by atoms with Crippen LogP contribution in [0, 0.1) is 35.0 Å². The Morgan fingerprint density at radius 1 is 0.656 bits per heavy atom. The normalized spacial score (nSPS) is 12.9. The van der Waals surface area contributed by atoms with Crippen LogP contribution in [0.3, 0.4) is 0 Å². The molecular weight excluding hydrogens is 433 g/mol. The standard InChI is InChI=1S/C23H36F5NO3/c1-5-6-7-8-9-10-13-16(23(30-2,31-3)32-4)14-11-12-15-29-22-20(27)18(25)17(24)19(26)21(22)28/h16,29H,5-15H2,1-4H3. The molecule has 0 heterocycles. The van der Waals surface area contributed by atoms with Crippen LogP contribution < -0.4 is 5.32 Å². The summed E-state index contributed by atoms with van der Waals surface area (Å²) < 4.78 is 83.8.